The summed E-state index contributed by atoms with van der Waals surface area (Å²) in [5.74, 6) is 0.771. The molecule has 0 bridgehead atoms. The molecule has 0 aliphatic heterocycles. The van der Waals surface area contributed by atoms with Crippen LogP contribution in [0.3, 0.4) is 0 Å². The van der Waals surface area contributed by atoms with Gasteiger partial charge in [0.15, 0.2) is 0 Å². The van der Waals surface area contributed by atoms with Crippen LogP contribution in [0.4, 0.5) is 5.69 Å². The number of fused-ring (bicyclic) bond motifs is 1. The first-order chi connectivity index (χ1) is 13.2. The van der Waals surface area contributed by atoms with Gasteiger partial charge in [-0.2, -0.15) is 5.26 Å². The monoisotopic (exact) mass is 379 g/mol. The quantitative estimate of drug-likeness (QED) is 0.688. The number of rotatable bonds is 6. The summed E-state index contributed by atoms with van der Waals surface area (Å²) >= 11 is 0. The van der Waals surface area contributed by atoms with Gasteiger partial charge in [0.1, 0.15) is 22.8 Å². The van der Waals surface area contributed by atoms with Crippen molar-refractivity contribution in [3.05, 3.63) is 48.0 Å². The van der Waals surface area contributed by atoms with Crippen molar-refractivity contribution >= 4 is 27.6 Å². The summed E-state index contributed by atoms with van der Waals surface area (Å²) in [5, 5.41) is 11.0. The molecule has 1 aromatic heterocycles. The van der Waals surface area contributed by atoms with Gasteiger partial charge in [0.05, 0.1) is 29.1 Å². The van der Waals surface area contributed by atoms with Crippen LogP contribution in [0.2, 0.25) is 0 Å². The third kappa shape index (κ3) is 3.19. The van der Waals surface area contributed by atoms with E-state index in [9.17, 15) is 9.47 Å². The van der Waals surface area contributed by atoms with Gasteiger partial charge in [-0.25, -0.2) is 4.21 Å². The molecule has 1 aliphatic carbocycles. The fourth-order valence-electron chi connectivity index (χ4n) is 3.38. The molecule has 1 unspecified atom stereocenters. The molecule has 0 radical (unpaired) electrons. The van der Waals surface area contributed by atoms with Crippen LogP contribution < -0.4 is 9.46 Å². The topological polar surface area (TPSA) is 67.0 Å². The lowest BCUT2D eigenvalue weighted by Gasteiger charge is -2.10. The first-order valence-corrected chi connectivity index (χ1v) is 10.3. The molecule has 0 amide bonds. The Labute approximate surface area is 161 Å². The van der Waals surface area contributed by atoms with Crippen LogP contribution in [0.1, 0.15) is 25.3 Å². The number of hydrogen-bond donors (Lipinski definition) is 1. The molecule has 0 spiro atoms. The summed E-state index contributed by atoms with van der Waals surface area (Å²) in [7, 11) is 0.630. The number of methoxy groups -OCH3 is 1. The van der Waals surface area contributed by atoms with Crippen LogP contribution in [-0.2, 0) is 17.5 Å². The van der Waals surface area contributed by atoms with E-state index in [-0.39, 0.29) is 5.25 Å². The van der Waals surface area contributed by atoms with E-state index in [0.717, 1.165) is 53.0 Å². The van der Waals surface area contributed by atoms with Gasteiger partial charge in [-0.3, -0.25) is 0 Å². The van der Waals surface area contributed by atoms with Crippen LogP contribution in [0, 0.1) is 11.3 Å². The Morgan fingerprint density at radius 2 is 2.00 bits per heavy atom. The lowest BCUT2D eigenvalue weighted by molar-refractivity contribution is 0.415. The Balaban J connectivity index is 1.78. The number of anilines is 1. The van der Waals surface area contributed by atoms with Gasteiger partial charge in [-0.1, -0.05) is 12.1 Å². The minimum absolute atomic E-state index is 0.285. The highest BCUT2D eigenvalue weighted by molar-refractivity contribution is 7.87. The Kier molecular flexibility index (Phi) is 4.63. The van der Waals surface area contributed by atoms with Crippen molar-refractivity contribution in [1.82, 2.24) is 4.57 Å². The fourth-order valence-corrected chi connectivity index (χ4v) is 4.47. The van der Waals surface area contributed by atoms with E-state index >= 15 is 0 Å². The maximum absolute atomic E-state index is 12.0. The molecule has 4 rings (SSSR count). The van der Waals surface area contributed by atoms with Gasteiger partial charge in [0.25, 0.3) is 0 Å². The smallest absolute Gasteiger partial charge is 0.120 e. The molecule has 1 heterocycles. The lowest BCUT2D eigenvalue weighted by Crippen LogP contribution is -2.08. The minimum Gasteiger partial charge on any atom is -0.497 e. The van der Waals surface area contributed by atoms with Crippen LogP contribution in [-0.4, -0.2) is 21.1 Å². The summed E-state index contributed by atoms with van der Waals surface area (Å²) in [5.41, 5.74) is 4.35. The van der Waals surface area contributed by atoms with Crippen molar-refractivity contribution in [2.45, 2.75) is 31.6 Å². The van der Waals surface area contributed by atoms with Crippen LogP contribution in [0.15, 0.2) is 42.5 Å². The Bertz CT molecular complexity index is 1060. The van der Waals surface area contributed by atoms with E-state index in [4.69, 9.17) is 4.74 Å². The van der Waals surface area contributed by atoms with Gasteiger partial charge in [0, 0.05) is 23.7 Å². The summed E-state index contributed by atoms with van der Waals surface area (Å²) < 4.78 is 22.6. The number of nitrogens with zero attached hydrogens (tertiary/aromatic N) is 2. The average molecular weight is 379 g/mol. The molecular weight excluding hydrogens is 358 g/mol. The highest BCUT2D eigenvalue weighted by atomic mass is 32.2. The molecule has 1 atom stereocenters. The molecule has 1 fully saturated rings. The zero-order valence-corrected chi connectivity index (χ0v) is 16.2. The first-order valence-electron chi connectivity index (χ1n) is 9.04. The number of benzene rings is 2. The Morgan fingerprint density at radius 3 is 2.59 bits per heavy atom. The van der Waals surface area contributed by atoms with Crippen molar-refractivity contribution in [2.24, 2.45) is 0 Å². The van der Waals surface area contributed by atoms with Crippen LogP contribution in [0.5, 0.6) is 5.75 Å². The zero-order chi connectivity index (χ0) is 19.0. The van der Waals surface area contributed by atoms with Gasteiger partial charge in [-0.05, 0) is 49.6 Å². The fraction of sp³-hybridized carbons (Fsp3) is 0.286. The summed E-state index contributed by atoms with van der Waals surface area (Å²) in [4.78, 5) is 0. The standard InChI is InChI=1S/C21H21N3O2S/c1-3-24-20-12-16(26-2)8-11-18(20)19(13-22)21(24)14-4-6-15(7-5-14)23-27(25)17-9-10-17/h4-8,11-12,17,23H,3,9-10H2,1-2H3. The third-order valence-electron chi connectivity index (χ3n) is 4.90. The van der Waals surface area contributed by atoms with E-state index in [0.29, 0.717) is 5.56 Å². The van der Waals surface area contributed by atoms with Crippen molar-refractivity contribution in [3.8, 4) is 23.1 Å². The molecule has 1 saturated carbocycles. The number of aryl methyl sites for hydroxylation is 1. The van der Waals surface area contributed by atoms with Gasteiger partial charge in [0.2, 0.25) is 0 Å². The highest BCUT2D eigenvalue weighted by Crippen LogP contribution is 2.36. The van der Waals surface area contributed by atoms with E-state index in [1.165, 1.54) is 0 Å². The number of hydrogen-bond acceptors (Lipinski definition) is 3. The molecule has 3 aromatic rings. The molecular formula is C21H21N3O2S. The van der Waals surface area contributed by atoms with Crippen LogP contribution >= 0.6 is 0 Å². The maximum Gasteiger partial charge on any atom is 0.120 e. The molecule has 27 heavy (non-hydrogen) atoms. The van der Waals surface area contributed by atoms with E-state index in [1.807, 2.05) is 42.5 Å². The number of nitrogens with one attached hydrogen (secondary N) is 1. The normalized spacial score (nSPS) is 14.7. The lowest BCUT2D eigenvalue weighted by atomic mass is 10.1. The number of aromatic nitrogens is 1. The van der Waals surface area contributed by atoms with Gasteiger partial charge in [-0.15, -0.1) is 0 Å². The molecule has 6 heteroatoms. The van der Waals surface area contributed by atoms with Crippen molar-refractivity contribution in [2.75, 3.05) is 11.8 Å². The second-order valence-electron chi connectivity index (χ2n) is 6.64. The molecule has 1 aliphatic rings. The highest BCUT2D eigenvalue weighted by Gasteiger charge is 2.28. The summed E-state index contributed by atoms with van der Waals surface area (Å²) in [6.07, 6.45) is 2.06. The number of ether oxygens (including phenoxy) is 1. The average Bonchev–Trinajstić information content (AvgIpc) is 3.50. The molecule has 2 aromatic carbocycles. The Hall–Kier alpha value is -2.78. The SMILES string of the molecule is CCn1c(-c2ccc(NS(=O)C3CC3)cc2)c(C#N)c2ccc(OC)cc21. The van der Waals surface area contributed by atoms with Crippen molar-refractivity contribution in [1.29, 1.82) is 5.26 Å². The third-order valence-corrected chi connectivity index (χ3v) is 6.42. The molecule has 0 saturated heterocycles. The van der Waals surface area contributed by atoms with Gasteiger partial charge < -0.3 is 14.0 Å². The van der Waals surface area contributed by atoms with E-state index < -0.39 is 11.0 Å². The maximum atomic E-state index is 12.0. The predicted molar refractivity (Wildman–Crippen MR) is 109 cm³/mol. The predicted octanol–water partition coefficient (Wildman–Crippen LogP) is 4.45. The Morgan fingerprint density at radius 1 is 1.26 bits per heavy atom. The molecule has 1 N–H and O–H groups in total. The largest absolute Gasteiger partial charge is 0.497 e. The van der Waals surface area contributed by atoms with Crippen molar-refractivity contribution in [3.63, 3.8) is 0 Å². The molecule has 5 nitrogen and oxygen atoms in total. The van der Waals surface area contributed by atoms with E-state index in [1.54, 1.807) is 7.11 Å². The summed E-state index contributed by atoms with van der Waals surface area (Å²) in [6.45, 7) is 2.81. The number of nitriles is 1. The molecule has 138 valence electrons. The van der Waals surface area contributed by atoms with Crippen molar-refractivity contribution < 1.29 is 8.95 Å². The second kappa shape index (κ2) is 7.09. The first kappa shape index (κ1) is 17.6. The second-order valence-corrected chi connectivity index (χ2v) is 8.10. The van der Waals surface area contributed by atoms with Crippen LogP contribution in [0.25, 0.3) is 22.2 Å². The zero-order valence-electron chi connectivity index (χ0n) is 15.4. The van der Waals surface area contributed by atoms with E-state index in [2.05, 4.69) is 22.3 Å². The summed E-state index contributed by atoms with van der Waals surface area (Å²) in [6, 6.07) is 16.0. The van der Waals surface area contributed by atoms with Gasteiger partial charge >= 0.3 is 0 Å². The minimum atomic E-state index is -1.01.